The topological polar surface area (TPSA) is 79.4 Å². The highest BCUT2D eigenvalue weighted by atomic mass is 32.2. The normalized spacial score (nSPS) is 11.5. The van der Waals surface area contributed by atoms with Crippen molar-refractivity contribution >= 4 is 21.7 Å². The molecule has 0 saturated carbocycles. The maximum absolute atomic E-state index is 11.5. The van der Waals surface area contributed by atoms with Gasteiger partial charge in [-0.3, -0.25) is 4.79 Å². The first-order valence-electron chi connectivity index (χ1n) is 4.93. The van der Waals surface area contributed by atoms with Crippen molar-refractivity contribution in [3.05, 3.63) is 23.9 Å². The zero-order valence-electron chi connectivity index (χ0n) is 9.97. The Balaban J connectivity index is 2.62. The third-order valence-corrected chi connectivity index (χ3v) is 3.38. The van der Waals surface area contributed by atoms with E-state index in [9.17, 15) is 13.2 Å². The highest BCUT2D eigenvalue weighted by Crippen LogP contribution is 2.05. The van der Waals surface area contributed by atoms with E-state index in [1.807, 2.05) is 6.92 Å². The molecule has 7 heteroatoms. The molecule has 17 heavy (non-hydrogen) atoms. The van der Waals surface area contributed by atoms with Gasteiger partial charge in [-0.05, 0) is 24.6 Å². The van der Waals surface area contributed by atoms with E-state index in [1.165, 1.54) is 7.05 Å². The van der Waals surface area contributed by atoms with Gasteiger partial charge in [0, 0.05) is 13.2 Å². The van der Waals surface area contributed by atoms with Crippen LogP contribution in [0.1, 0.15) is 5.56 Å². The first kappa shape index (κ1) is 13.6. The first-order valence-corrected chi connectivity index (χ1v) is 6.77. The van der Waals surface area contributed by atoms with Crippen molar-refractivity contribution in [1.82, 2.24) is 9.29 Å². The molecule has 1 rings (SSSR count). The monoisotopic (exact) mass is 257 g/mol. The number of carbonyl (C=O) groups is 1. The summed E-state index contributed by atoms with van der Waals surface area (Å²) in [5.41, 5.74) is 0.965. The molecule has 0 aliphatic carbocycles. The van der Waals surface area contributed by atoms with Crippen molar-refractivity contribution in [2.75, 3.05) is 25.2 Å². The number of hydrogen-bond donors (Lipinski definition) is 1. The smallest absolute Gasteiger partial charge is 0.240 e. The molecular weight excluding hydrogens is 242 g/mol. The van der Waals surface area contributed by atoms with Crippen LogP contribution in [0.3, 0.4) is 0 Å². The molecule has 1 amide bonds. The number of amides is 1. The largest absolute Gasteiger partial charge is 0.310 e. The number of sulfonamides is 1. The molecule has 0 bridgehead atoms. The second kappa shape index (κ2) is 5.24. The molecule has 0 spiro atoms. The number of hydrogen-bond acceptors (Lipinski definition) is 4. The second-order valence-corrected chi connectivity index (χ2v) is 5.88. The lowest BCUT2D eigenvalue weighted by atomic mass is 10.3. The molecule has 0 saturated heterocycles. The molecule has 1 aromatic heterocycles. The van der Waals surface area contributed by atoms with Gasteiger partial charge in [0.15, 0.2) is 0 Å². The van der Waals surface area contributed by atoms with Crippen molar-refractivity contribution in [2.24, 2.45) is 0 Å². The number of aromatic nitrogens is 1. The standard InChI is InChI=1S/C10H15N3O3S/c1-8-4-5-11-9(6-8)12-10(14)7-13(2)17(3,15)16/h4-6H,7H2,1-3H3,(H,11,12,14). The van der Waals surface area contributed by atoms with Crippen LogP contribution in [0.4, 0.5) is 5.82 Å². The number of likely N-dealkylation sites (N-methyl/N-ethyl adjacent to an activating group) is 1. The zero-order chi connectivity index (χ0) is 13.1. The molecule has 6 nitrogen and oxygen atoms in total. The maximum atomic E-state index is 11.5. The minimum absolute atomic E-state index is 0.228. The van der Waals surface area contributed by atoms with Crippen molar-refractivity contribution in [3.63, 3.8) is 0 Å². The molecule has 0 aliphatic rings. The van der Waals surface area contributed by atoms with E-state index in [1.54, 1.807) is 18.3 Å². The first-order chi connectivity index (χ1) is 7.79. The number of carbonyl (C=O) groups excluding carboxylic acids is 1. The predicted octanol–water partition coefficient (Wildman–Crippen LogP) is 0.220. The van der Waals surface area contributed by atoms with Gasteiger partial charge in [0.1, 0.15) is 5.82 Å². The van der Waals surface area contributed by atoms with E-state index in [2.05, 4.69) is 10.3 Å². The number of nitrogens with zero attached hydrogens (tertiary/aromatic N) is 2. The van der Waals surface area contributed by atoms with E-state index in [4.69, 9.17) is 0 Å². The lowest BCUT2D eigenvalue weighted by Gasteiger charge is -2.13. The van der Waals surface area contributed by atoms with Crippen LogP contribution in [-0.4, -0.2) is 43.5 Å². The molecule has 1 N–H and O–H groups in total. The third kappa shape index (κ3) is 4.49. The van der Waals surface area contributed by atoms with Crippen molar-refractivity contribution in [3.8, 4) is 0 Å². The fraction of sp³-hybridized carbons (Fsp3) is 0.400. The van der Waals surface area contributed by atoms with E-state index in [-0.39, 0.29) is 6.54 Å². The van der Waals surface area contributed by atoms with Gasteiger partial charge in [0.25, 0.3) is 0 Å². The van der Waals surface area contributed by atoms with Crippen LogP contribution in [0.2, 0.25) is 0 Å². The Hall–Kier alpha value is -1.47. The zero-order valence-corrected chi connectivity index (χ0v) is 10.8. The molecule has 0 unspecified atom stereocenters. The fourth-order valence-electron chi connectivity index (χ4n) is 1.11. The highest BCUT2D eigenvalue weighted by molar-refractivity contribution is 7.88. The van der Waals surface area contributed by atoms with Crippen molar-refractivity contribution < 1.29 is 13.2 Å². The van der Waals surface area contributed by atoms with Crippen LogP contribution in [0.25, 0.3) is 0 Å². The quantitative estimate of drug-likeness (QED) is 0.836. The van der Waals surface area contributed by atoms with E-state index in [0.29, 0.717) is 5.82 Å². The second-order valence-electron chi connectivity index (χ2n) is 3.79. The van der Waals surface area contributed by atoms with Crippen LogP contribution < -0.4 is 5.32 Å². The Morgan fingerprint density at radius 2 is 2.18 bits per heavy atom. The molecule has 1 aromatic rings. The Morgan fingerprint density at radius 1 is 1.53 bits per heavy atom. The average Bonchev–Trinajstić information content (AvgIpc) is 2.15. The molecular formula is C10H15N3O3S. The molecule has 0 fully saturated rings. The molecule has 0 radical (unpaired) electrons. The average molecular weight is 257 g/mol. The Kier molecular flexibility index (Phi) is 4.19. The third-order valence-electron chi connectivity index (χ3n) is 2.12. The van der Waals surface area contributed by atoms with Crippen LogP contribution in [0.15, 0.2) is 18.3 Å². The van der Waals surface area contributed by atoms with Gasteiger partial charge in [-0.2, -0.15) is 4.31 Å². The molecule has 0 aromatic carbocycles. The Bertz CT molecular complexity index is 513. The summed E-state index contributed by atoms with van der Waals surface area (Å²) in [6.07, 6.45) is 2.62. The van der Waals surface area contributed by atoms with Gasteiger partial charge in [0.2, 0.25) is 15.9 Å². The summed E-state index contributed by atoms with van der Waals surface area (Å²) in [6.45, 7) is 1.65. The number of rotatable bonds is 4. The Morgan fingerprint density at radius 3 is 2.71 bits per heavy atom. The van der Waals surface area contributed by atoms with Crippen LogP contribution in [0, 0.1) is 6.92 Å². The molecule has 0 aliphatic heterocycles. The highest BCUT2D eigenvalue weighted by Gasteiger charge is 2.15. The SMILES string of the molecule is Cc1ccnc(NC(=O)CN(C)S(C)(=O)=O)c1. The summed E-state index contributed by atoms with van der Waals surface area (Å²) < 4.78 is 23.2. The fourth-order valence-corrected chi connectivity index (χ4v) is 1.46. The summed E-state index contributed by atoms with van der Waals surface area (Å²) in [7, 11) is -2.00. The lowest BCUT2D eigenvalue weighted by molar-refractivity contribution is -0.116. The van der Waals surface area contributed by atoms with Crippen molar-refractivity contribution in [1.29, 1.82) is 0 Å². The van der Waals surface area contributed by atoms with E-state index in [0.717, 1.165) is 16.1 Å². The van der Waals surface area contributed by atoms with Gasteiger partial charge in [-0.15, -0.1) is 0 Å². The van der Waals surface area contributed by atoms with E-state index >= 15 is 0 Å². The summed E-state index contributed by atoms with van der Waals surface area (Å²) in [4.78, 5) is 15.5. The summed E-state index contributed by atoms with van der Waals surface area (Å²) >= 11 is 0. The summed E-state index contributed by atoms with van der Waals surface area (Å²) in [6, 6.07) is 3.51. The molecule has 1 heterocycles. The summed E-state index contributed by atoms with van der Waals surface area (Å²) in [5, 5.41) is 2.53. The van der Waals surface area contributed by atoms with Gasteiger partial charge in [-0.25, -0.2) is 13.4 Å². The van der Waals surface area contributed by atoms with Gasteiger partial charge >= 0.3 is 0 Å². The molecule has 0 atom stereocenters. The number of aryl methyl sites for hydroxylation is 1. The van der Waals surface area contributed by atoms with Crippen LogP contribution >= 0.6 is 0 Å². The van der Waals surface area contributed by atoms with Gasteiger partial charge in [-0.1, -0.05) is 0 Å². The number of pyridine rings is 1. The number of anilines is 1. The van der Waals surface area contributed by atoms with Crippen molar-refractivity contribution in [2.45, 2.75) is 6.92 Å². The maximum Gasteiger partial charge on any atom is 0.240 e. The van der Waals surface area contributed by atoms with Crippen LogP contribution in [0.5, 0.6) is 0 Å². The summed E-state index contributed by atoms with van der Waals surface area (Å²) in [5.74, 6) is -0.00655. The molecule has 94 valence electrons. The minimum atomic E-state index is -3.35. The van der Waals surface area contributed by atoms with E-state index < -0.39 is 15.9 Å². The lowest BCUT2D eigenvalue weighted by Crippen LogP contribution is -2.34. The minimum Gasteiger partial charge on any atom is -0.310 e. The van der Waals surface area contributed by atoms with Crippen LogP contribution in [-0.2, 0) is 14.8 Å². The number of nitrogens with one attached hydrogen (secondary N) is 1. The van der Waals surface area contributed by atoms with Gasteiger partial charge in [0.05, 0.1) is 12.8 Å². The predicted molar refractivity (Wildman–Crippen MR) is 65.1 cm³/mol. The van der Waals surface area contributed by atoms with Gasteiger partial charge < -0.3 is 5.32 Å². The Labute approximate surface area is 101 Å².